The molecule has 8 nitrogen and oxygen atoms in total. The lowest BCUT2D eigenvalue weighted by molar-refractivity contribution is -0.169. The number of aliphatic hydroxyl groups excluding tert-OH is 1. The van der Waals surface area contributed by atoms with Crippen molar-refractivity contribution in [2.75, 3.05) is 0 Å². The van der Waals surface area contributed by atoms with Crippen molar-refractivity contribution in [3.05, 3.63) is 59.2 Å². The Labute approximate surface area is 223 Å². The maximum atomic E-state index is 14.3. The molecule has 0 radical (unpaired) electrons. The number of hydrogen-bond acceptors (Lipinski definition) is 7. The van der Waals surface area contributed by atoms with E-state index in [1.165, 1.54) is 13.8 Å². The van der Waals surface area contributed by atoms with E-state index in [4.69, 9.17) is 9.47 Å². The number of ether oxygens (including phenoxy) is 2. The van der Waals surface area contributed by atoms with Crippen molar-refractivity contribution in [2.45, 2.75) is 83.5 Å². The number of Topliss-reactive ketones (excluding diaryl/α,β-unsaturated/α-hetero) is 1. The van der Waals surface area contributed by atoms with Crippen LogP contribution in [0.2, 0.25) is 0 Å². The molecule has 0 saturated carbocycles. The molecule has 1 amide bonds. The molecule has 38 heavy (non-hydrogen) atoms. The number of hydrogen-bond donors (Lipinski definition) is 3. The van der Waals surface area contributed by atoms with Gasteiger partial charge in [-0.25, -0.2) is 0 Å². The van der Waals surface area contributed by atoms with E-state index in [-0.39, 0.29) is 17.7 Å². The van der Waals surface area contributed by atoms with Crippen molar-refractivity contribution in [3.63, 3.8) is 0 Å². The van der Waals surface area contributed by atoms with E-state index in [1.54, 1.807) is 19.1 Å². The number of esters is 1. The van der Waals surface area contributed by atoms with Crippen LogP contribution < -0.4 is 5.32 Å². The molecule has 2 fully saturated rings. The molecule has 2 heterocycles. The molecule has 0 bridgehead atoms. The molecule has 2 aliphatic heterocycles. The Balaban J connectivity index is 1.72. The summed E-state index contributed by atoms with van der Waals surface area (Å²) < 4.78 is 11.9. The fourth-order valence-electron chi connectivity index (χ4n) is 7.27. The van der Waals surface area contributed by atoms with Gasteiger partial charge in [0.05, 0.1) is 6.10 Å². The minimum absolute atomic E-state index is 0.325. The normalized spacial score (nSPS) is 43.2. The molecule has 3 N–H and O–H groups in total. The summed E-state index contributed by atoms with van der Waals surface area (Å²) >= 11 is 0. The van der Waals surface area contributed by atoms with Gasteiger partial charge in [0.1, 0.15) is 29.3 Å². The van der Waals surface area contributed by atoms with Crippen LogP contribution in [0.5, 0.6) is 0 Å². The van der Waals surface area contributed by atoms with Crippen LogP contribution in [0.3, 0.4) is 0 Å². The number of aliphatic hydroxyl groups is 2. The number of epoxide rings is 1. The molecule has 4 aliphatic rings. The maximum absolute atomic E-state index is 14.3. The number of carbonyl (C=O) groups excluding carboxylic acids is 3. The van der Waals surface area contributed by atoms with Gasteiger partial charge in [-0.3, -0.25) is 14.4 Å². The van der Waals surface area contributed by atoms with Gasteiger partial charge >= 0.3 is 5.97 Å². The van der Waals surface area contributed by atoms with Gasteiger partial charge in [0.25, 0.3) is 0 Å². The fourth-order valence-corrected chi connectivity index (χ4v) is 7.27. The summed E-state index contributed by atoms with van der Waals surface area (Å²) in [6, 6.07) is 9.51. The van der Waals surface area contributed by atoms with Crippen molar-refractivity contribution in [3.8, 4) is 0 Å². The standard InChI is InChI=1S/C30H37NO7/c1-15-10-9-13-20-23(33)17(3)16(2)22-21(14-19-11-7-6-8-12-19)31-28(35)30(20,22)27(37-18(4)32)24-26(38-24)29(5,36)25(15)34/h6-9,11-13,15,20-24,26-27,33,36H,10,14H2,1-5H3,(H,31,35)/b13-9-/t15-,20-,21-,22-,23+,24+,26-,27+,29-,30-/m0/s1. The van der Waals surface area contributed by atoms with Crippen LogP contribution >= 0.6 is 0 Å². The molecule has 8 heteroatoms. The first-order valence-electron chi connectivity index (χ1n) is 13.4. The predicted octanol–water partition coefficient (Wildman–Crippen LogP) is 2.27. The first-order chi connectivity index (χ1) is 17.9. The Bertz CT molecular complexity index is 1200. The van der Waals surface area contributed by atoms with Crippen LogP contribution in [0.1, 0.15) is 46.6 Å². The van der Waals surface area contributed by atoms with E-state index < -0.39 is 59.2 Å². The fraction of sp³-hybridized carbons (Fsp3) is 0.567. The molecule has 2 saturated heterocycles. The number of allylic oxidation sites excluding steroid dienone is 1. The summed E-state index contributed by atoms with van der Waals surface area (Å²) in [6.07, 6.45) is 0.510. The lowest BCUT2D eigenvalue weighted by Gasteiger charge is -2.50. The zero-order chi connectivity index (χ0) is 27.6. The summed E-state index contributed by atoms with van der Waals surface area (Å²) in [5.74, 6) is -2.99. The lowest BCUT2D eigenvalue weighted by atomic mass is 9.53. The molecular weight excluding hydrogens is 486 g/mol. The van der Waals surface area contributed by atoms with Crippen molar-refractivity contribution < 1.29 is 34.1 Å². The average Bonchev–Trinajstić information content (AvgIpc) is 3.62. The van der Waals surface area contributed by atoms with Gasteiger partial charge in [-0.1, -0.05) is 55.0 Å². The molecule has 5 rings (SSSR count). The van der Waals surface area contributed by atoms with Gasteiger partial charge in [0.2, 0.25) is 5.91 Å². The molecule has 1 spiro atoms. The minimum Gasteiger partial charge on any atom is -0.458 e. The third-order valence-electron chi connectivity index (χ3n) is 9.27. The van der Waals surface area contributed by atoms with Crippen LogP contribution in [-0.4, -0.2) is 63.9 Å². The molecule has 2 aliphatic carbocycles. The van der Waals surface area contributed by atoms with E-state index in [0.29, 0.717) is 12.8 Å². The predicted molar refractivity (Wildman–Crippen MR) is 139 cm³/mol. The SMILES string of the molecule is CC(=O)O[C@@H]1[C@@H]2O[C@@H]2[C@@](C)(O)C(=O)[C@@H](C)C/C=C\[C@H]2[C@H](O)C(C)=C(C)[C@H]3[C@H](Cc4ccccc4)NC(=O)[C@@]123. The smallest absolute Gasteiger partial charge is 0.303 e. The van der Waals surface area contributed by atoms with Gasteiger partial charge in [-0.15, -0.1) is 0 Å². The van der Waals surface area contributed by atoms with Crippen molar-refractivity contribution in [2.24, 2.45) is 23.2 Å². The van der Waals surface area contributed by atoms with Gasteiger partial charge in [0, 0.05) is 30.7 Å². The summed E-state index contributed by atoms with van der Waals surface area (Å²) in [5, 5.41) is 26.1. The summed E-state index contributed by atoms with van der Waals surface area (Å²) in [6.45, 7) is 8.23. The minimum atomic E-state index is -1.82. The number of rotatable bonds is 3. The van der Waals surface area contributed by atoms with Crippen LogP contribution in [-0.2, 0) is 30.3 Å². The molecule has 1 aromatic carbocycles. The van der Waals surface area contributed by atoms with E-state index in [2.05, 4.69) is 5.32 Å². The summed E-state index contributed by atoms with van der Waals surface area (Å²) in [7, 11) is 0. The second-order valence-corrected chi connectivity index (χ2v) is 11.6. The van der Waals surface area contributed by atoms with Gasteiger partial charge in [-0.2, -0.15) is 0 Å². The maximum Gasteiger partial charge on any atom is 0.303 e. The highest BCUT2D eigenvalue weighted by Gasteiger charge is 2.73. The highest BCUT2D eigenvalue weighted by atomic mass is 16.6. The van der Waals surface area contributed by atoms with Crippen LogP contribution in [0.25, 0.3) is 0 Å². The molecule has 204 valence electrons. The zero-order valence-corrected chi connectivity index (χ0v) is 22.5. The Hall–Kier alpha value is -2.81. The van der Waals surface area contributed by atoms with Crippen LogP contribution in [0.4, 0.5) is 0 Å². The van der Waals surface area contributed by atoms with Crippen molar-refractivity contribution >= 4 is 17.7 Å². The first kappa shape index (κ1) is 26.8. The Kier molecular flexibility index (Phi) is 6.65. The van der Waals surface area contributed by atoms with E-state index in [1.807, 2.05) is 44.2 Å². The number of fused-ring (bicyclic) bond motifs is 1. The summed E-state index contributed by atoms with van der Waals surface area (Å²) in [5.41, 5.74) is -0.550. The van der Waals surface area contributed by atoms with E-state index in [0.717, 1.165) is 16.7 Å². The number of ketones is 1. The summed E-state index contributed by atoms with van der Waals surface area (Å²) in [4.78, 5) is 40.0. The highest BCUT2D eigenvalue weighted by Crippen LogP contribution is 2.60. The monoisotopic (exact) mass is 523 g/mol. The Morgan fingerprint density at radius 1 is 1.18 bits per heavy atom. The molecule has 10 atom stereocenters. The topological polar surface area (TPSA) is 125 Å². The third-order valence-corrected chi connectivity index (χ3v) is 9.27. The largest absolute Gasteiger partial charge is 0.458 e. The Morgan fingerprint density at radius 3 is 2.53 bits per heavy atom. The first-order valence-corrected chi connectivity index (χ1v) is 13.4. The molecule has 0 unspecified atom stereocenters. The number of nitrogens with one attached hydrogen (secondary N) is 1. The highest BCUT2D eigenvalue weighted by molar-refractivity contribution is 5.91. The molecular formula is C30H37NO7. The van der Waals surface area contributed by atoms with E-state index in [9.17, 15) is 24.6 Å². The average molecular weight is 524 g/mol. The van der Waals surface area contributed by atoms with Gasteiger partial charge < -0.3 is 25.0 Å². The number of carbonyl (C=O) groups is 3. The van der Waals surface area contributed by atoms with E-state index >= 15 is 0 Å². The van der Waals surface area contributed by atoms with Crippen molar-refractivity contribution in [1.29, 1.82) is 0 Å². The second kappa shape index (κ2) is 9.43. The van der Waals surface area contributed by atoms with Crippen LogP contribution in [0.15, 0.2) is 53.6 Å². The second-order valence-electron chi connectivity index (χ2n) is 11.6. The van der Waals surface area contributed by atoms with Gasteiger partial charge in [0.15, 0.2) is 5.78 Å². The molecule has 0 aromatic heterocycles. The Morgan fingerprint density at radius 2 is 1.87 bits per heavy atom. The number of amides is 1. The lowest BCUT2D eigenvalue weighted by Crippen LogP contribution is -2.60. The number of benzene rings is 1. The van der Waals surface area contributed by atoms with Crippen molar-refractivity contribution in [1.82, 2.24) is 5.32 Å². The molecule has 1 aromatic rings. The zero-order valence-electron chi connectivity index (χ0n) is 22.5. The van der Waals surface area contributed by atoms with Gasteiger partial charge in [-0.05, 0) is 44.7 Å². The third kappa shape index (κ3) is 3.96. The quantitative estimate of drug-likeness (QED) is 0.315. The van der Waals surface area contributed by atoms with Crippen LogP contribution in [0, 0.1) is 23.2 Å².